The Morgan fingerprint density at radius 2 is 1.79 bits per heavy atom. The first kappa shape index (κ1) is 17.8. The first-order chi connectivity index (χ1) is 11.5. The molecule has 24 heavy (non-hydrogen) atoms. The zero-order valence-corrected chi connectivity index (χ0v) is 14.3. The molecule has 1 aromatic carbocycles. The predicted octanol–water partition coefficient (Wildman–Crippen LogP) is 3.09. The van der Waals surface area contributed by atoms with Crippen LogP contribution >= 0.6 is 0 Å². The van der Waals surface area contributed by atoms with E-state index in [2.05, 4.69) is 36.6 Å². The molecule has 0 fully saturated rings. The van der Waals surface area contributed by atoms with Gasteiger partial charge in [-0.3, -0.25) is 9.59 Å². The van der Waals surface area contributed by atoms with Gasteiger partial charge in [0.1, 0.15) is 0 Å². The summed E-state index contributed by atoms with van der Waals surface area (Å²) in [6.45, 7) is 6.21. The topological polar surface area (TPSA) is 71.3 Å². The van der Waals surface area contributed by atoms with Crippen LogP contribution in [-0.4, -0.2) is 18.4 Å². The summed E-state index contributed by atoms with van der Waals surface area (Å²) in [4.78, 5) is 23.7. The molecule has 5 heteroatoms. The fourth-order valence-electron chi connectivity index (χ4n) is 2.45. The fourth-order valence-corrected chi connectivity index (χ4v) is 2.45. The van der Waals surface area contributed by atoms with Gasteiger partial charge in [0, 0.05) is 0 Å². The molecular formula is C19H24N2O3. The molecule has 0 bridgehead atoms. The SMILES string of the molecule is CC(C)Cc1ccc([C@H](C)NC(=O)CNC(=O)c2ccco2)cc1. The number of nitrogens with one attached hydrogen (secondary N) is 2. The lowest BCUT2D eigenvalue weighted by Gasteiger charge is -2.15. The van der Waals surface area contributed by atoms with Crippen LogP contribution in [-0.2, 0) is 11.2 Å². The summed E-state index contributed by atoms with van der Waals surface area (Å²) in [6, 6.07) is 11.3. The Kier molecular flexibility index (Phi) is 6.18. The van der Waals surface area contributed by atoms with Crippen LogP contribution in [0, 0.1) is 5.92 Å². The summed E-state index contributed by atoms with van der Waals surface area (Å²) in [5, 5.41) is 5.40. The third-order valence-electron chi connectivity index (χ3n) is 3.66. The standard InChI is InChI=1S/C19H24N2O3/c1-13(2)11-15-6-8-16(9-7-15)14(3)21-18(22)12-20-19(23)17-5-4-10-24-17/h4-10,13-14H,11-12H2,1-3H3,(H,20,23)(H,21,22)/t14-/m0/s1. The van der Waals surface area contributed by atoms with Gasteiger partial charge < -0.3 is 15.1 Å². The minimum absolute atomic E-state index is 0.0880. The van der Waals surface area contributed by atoms with Crippen molar-refractivity contribution < 1.29 is 14.0 Å². The molecule has 0 saturated carbocycles. The van der Waals surface area contributed by atoms with Crippen LogP contribution in [0.25, 0.3) is 0 Å². The number of rotatable bonds is 7. The molecule has 1 aromatic heterocycles. The normalized spacial score (nSPS) is 12.0. The lowest BCUT2D eigenvalue weighted by atomic mass is 10.00. The minimum atomic E-state index is -0.402. The van der Waals surface area contributed by atoms with Crippen LogP contribution in [0.1, 0.15) is 48.5 Å². The zero-order chi connectivity index (χ0) is 17.5. The van der Waals surface area contributed by atoms with E-state index in [4.69, 9.17) is 4.42 Å². The van der Waals surface area contributed by atoms with Gasteiger partial charge >= 0.3 is 0 Å². The molecule has 2 rings (SSSR count). The van der Waals surface area contributed by atoms with Crippen LogP contribution in [0.15, 0.2) is 47.1 Å². The van der Waals surface area contributed by atoms with Crippen LogP contribution in [0.5, 0.6) is 0 Å². The molecule has 0 aliphatic carbocycles. The van der Waals surface area contributed by atoms with Crippen molar-refractivity contribution in [2.75, 3.05) is 6.54 Å². The third kappa shape index (κ3) is 5.26. The maximum absolute atomic E-state index is 12.0. The second kappa shape index (κ2) is 8.34. The highest BCUT2D eigenvalue weighted by molar-refractivity contribution is 5.94. The fraction of sp³-hybridized carbons (Fsp3) is 0.368. The van der Waals surface area contributed by atoms with Crippen molar-refractivity contribution in [3.05, 3.63) is 59.5 Å². The van der Waals surface area contributed by atoms with Gasteiger partial charge in [-0.2, -0.15) is 0 Å². The molecule has 2 amide bonds. The van der Waals surface area contributed by atoms with Gasteiger partial charge in [-0.05, 0) is 42.5 Å². The summed E-state index contributed by atoms with van der Waals surface area (Å²) in [5.74, 6) is 0.164. The van der Waals surface area contributed by atoms with Gasteiger partial charge in [0.15, 0.2) is 5.76 Å². The average molecular weight is 328 g/mol. The van der Waals surface area contributed by atoms with Crippen molar-refractivity contribution in [2.24, 2.45) is 5.92 Å². The second-order valence-corrected chi connectivity index (χ2v) is 6.29. The van der Waals surface area contributed by atoms with E-state index in [0.29, 0.717) is 5.92 Å². The number of furan rings is 1. The molecule has 0 aliphatic heterocycles. The molecule has 1 heterocycles. The smallest absolute Gasteiger partial charge is 0.287 e. The van der Waals surface area contributed by atoms with E-state index in [1.165, 1.54) is 11.8 Å². The van der Waals surface area contributed by atoms with Gasteiger partial charge in [0.05, 0.1) is 18.8 Å². The van der Waals surface area contributed by atoms with E-state index in [0.717, 1.165) is 12.0 Å². The molecule has 5 nitrogen and oxygen atoms in total. The number of carbonyl (C=O) groups is 2. The number of hydrogen-bond acceptors (Lipinski definition) is 3. The van der Waals surface area contributed by atoms with E-state index in [1.54, 1.807) is 12.1 Å². The molecular weight excluding hydrogens is 304 g/mol. The van der Waals surface area contributed by atoms with Crippen LogP contribution in [0.2, 0.25) is 0 Å². The van der Waals surface area contributed by atoms with E-state index >= 15 is 0 Å². The highest BCUT2D eigenvalue weighted by Crippen LogP contribution is 2.15. The van der Waals surface area contributed by atoms with Crippen molar-refractivity contribution in [3.8, 4) is 0 Å². The Morgan fingerprint density at radius 3 is 2.38 bits per heavy atom. The number of benzene rings is 1. The number of hydrogen-bond donors (Lipinski definition) is 2. The van der Waals surface area contributed by atoms with Gasteiger partial charge in [0.25, 0.3) is 5.91 Å². The number of carbonyl (C=O) groups excluding carboxylic acids is 2. The molecule has 0 radical (unpaired) electrons. The van der Waals surface area contributed by atoms with Crippen molar-refractivity contribution in [1.82, 2.24) is 10.6 Å². The first-order valence-electron chi connectivity index (χ1n) is 8.15. The van der Waals surface area contributed by atoms with Gasteiger partial charge in [-0.25, -0.2) is 0 Å². The molecule has 0 spiro atoms. The van der Waals surface area contributed by atoms with E-state index in [9.17, 15) is 9.59 Å². The molecule has 128 valence electrons. The van der Waals surface area contributed by atoms with Crippen molar-refractivity contribution in [1.29, 1.82) is 0 Å². The van der Waals surface area contributed by atoms with Crippen molar-refractivity contribution in [2.45, 2.75) is 33.2 Å². The van der Waals surface area contributed by atoms with Gasteiger partial charge in [-0.15, -0.1) is 0 Å². The van der Waals surface area contributed by atoms with E-state index in [1.807, 2.05) is 19.1 Å². The minimum Gasteiger partial charge on any atom is -0.459 e. The Bertz CT molecular complexity index is 660. The lowest BCUT2D eigenvalue weighted by molar-refractivity contribution is -0.120. The largest absolute Gasteiger partial charge is 0.459 e. The maximum atomic E-state index is 12.0. The van der Waals surface area contributed by atoms with E-state index < -0.39 is 5.91 Å². The molecule has 0 unspecified atom stereocenters. The van der Waals surface area contributed by atoms with Gasteiger partial charge in [0.2, 0.25) is 5.91 Å². The van der Waals surface area contributed by atoms with Crippen LogP contribution < -0.4 is 10.6 Å². The maximum Gasteiger partial charge on any atom is 0.287 e. The molecule has 2 aromatic rings. The third-order valence-corrected chi connectivity index (χ3v) is 3.66. The van der Waals surface area contributed by atoms with Crippen LogP contribution in [0.4, 0.5) is 0 Å². The Labute approximate surface area is 142 Å². The quantitative estimate of drug-likeness (QED) is 0.820. The summed E-state index contributed by atoms with van der Waals surface area (Å²) >= 11 is 0. The Hall–Kier alpha value is -2.56. The van der Waals surface area contributed by atoms with Crippen molar-refractivity contribution in [3.63, 3.8) is 0 Å². The molecule has 0 aliphatic rings. The zero-order valence-electron chi connectivity index (χ0n) is 14.3. The first-order valence-corrected chi connectivity index (χ1v) is 8.15. The second-order valence-electron chi connectivity index (χ2n) is 6.29. The lowest BCUT2D eigenvalue weighted by Crippen LogP contribution is -2.37. The molecule has 0 saturated heterocycles. The highest BCUT2D eigenvalue weighted by atomic mass is 16.3. The summed E-state index contributed by atoms with van der Waals surface area (Å²) in [7, 11) is 0. The Balaban J connectivity index is 1.81. The summed E-state index contributed by atoms with van der Waals surface area (Å²) in [5.41, 5.74) is 2.33. The number of amides is 2. The van der Waals surface area contributed by atoms with Crippen LogP contribution in [0.3, 0.4) is 0 Å². The summed E-state index contributed by atoms with van der Waals surface area (Å²) in [6.07, 6.45) is 2.46. The van der Waals surface area contributed by atoms with Gasteiger partial charge in [-0.1, -0.05) is 38.1 Å². The molecule has 1 atom stereocenters. The predicted molar refractivity (Wildman–Crippen MR) is 92.6 cm³/mol. The van der Waals surface area contributed by atoms with E-state index in [-0.39, 0.29) is 24.3 Å². The monoisotopic (exact) mass is 328 g/mol. The highest BCUT2D eigenvalue weighted by Gasteiger charge is 2.13. The average Bonchev–Trinajstić information content (AvgIpc) is 3.07. The Morgan fingerprint density at radius 1 is 1.08 bits per heavy atom. The van der Waals surface area contributed by atoms with Crippen molar-refractivity contribution >= 4 is 11.8 Å². The molecule has 2 N–H and O–H groups in total. The summed E-state index contributed by atoms with van der Waals surface area (Å²) < 4.78 is 4.97.